The van der Waals surface area contributed by atoms with Crippen molar-refractivity contribution in [1.29, 1.82) is 0 Å². The van der Waals surface area contributed by atoms with Gasteiger partial charge in [-0.15, -0.1) is 0 Å². The summed E-state index contributed by atoms with van der Waals surface area (Å²) in [4.78, 5) is 14.0. The predicted molar refractivity (Wildman–Crippen MR) is 57.4 cm³/mol. The first-order valence-electron chi connectivity index (χ1n) is 5.89. The van der Waals surface area contributed by atoms with Gasteiger partial charge in [-0.1, -0.05) is 0 Å². The van der Waals surface area contributed by atoms with E-state index >= 15 is 0 Å². The van der Waals surface area contributed by atoms with Gasteiger partial charge in [-0.25, -0.2) is 0 Å². The number of nitrogens with one attached hydrogen (secondary N) is 1. The molecule has 2 rings (SSSR count). The predicted octanol–water partition coefficient (Wildman–Crippen LogP) is -0.0323. The third kappa shape index (κ3) is 2.16. The summed E-state index contributed by atoms with van der Waals surface area (Å²) in [5, 5.41) is 12.8. The molecule has 0 aromatic rings. The summed E-state index contributed by atoms with van der Waals surface area (Å²) < 4.78 is 0. The van der Waals surface area contributed by atoms with Crippen LogP contribution in [0.4, 0.5) is 0 Å². The van der Waals surface area contributed by atoms with Crippen LogP contribution in [0.3, 0.4) is 0 Å². The maximum Gasteiger partial charge on any atom is 0.228 e. The van der Waals surface area contributed by atoms with Crippen molar-refractivity contribution in [2.75, 3.05) is 19.6 Å². The summed E-state index contributed by atoms with van der Waals surface area (Å²) in [5.74, 6) is 0.392. The van der Waals surface area contributed by atoms with Gasteiger partial charge in [0.1, 0.15) is 0 Å². The molecule has 2 aliphatic rings. The number of hydrogen-bond donors (Lipinski definition) is 2. The molecule has 0 aromatic carbocycles. The molecular formula is C11H20N2O2. The standard InChI is InChI=1S/C11H20N2O2/c1-8(14)10-4-2-3-5-13(10)11(15)9-6-12-7-9/h8-10,12,14H,2-7H2,1H3/t8-,10+/m1/s1. The molecule has 2 fully saturated rings. The molecule has 0 bridgehead atoms. The summed E-state index contributed by atoms with van der Waals surface area (Å²) in [5.41, 5.74) is 0. The lowest BCUT2D eigenvalue weighted by molar-refractivity contribution is -0.143. The van der Waals surface area contributed by atoms with Crippen LogP contribution in [0.15, 0.2) is 0 Å². The molecule has 0 aromatic heterocycles. The fourth-order valence-electron chi connectivity index (χ4n) is 2.43. The molecule has 86 valence electrons. The molecule has 0 unspecified atom stereocenters. The van der Waals surface area contributed by atoms with Crippen LogP contribution in [0, 0.1) is 5.92 Å². The number of rotatable bonds is 2. The molecule has 1 amide bonds. The van der Waals surface area contributed by atoms with E-state index in [9.17, 15) is 9.90 Å². The van der Waals surface area contributed by atoms with E-state index in [0.29, 0.717) is 0 Å². The van der Waals surface area contributed by atoms with Gasteiger partial charge in [0.15, 0.2) is 0 Å². The Hall–Kier alpha value is -0.610. The van der Waals surface area contributed by atoms with Gasteiger partial charge >= 0.3 is 0 Å². The average molecular weight is 212 g/mol. The Labute approximate surface area is 90.6 Å². The fraction of sp³-hybridized carbons (Fsp3) is 0.909. The number of likely N-dealkylation sites (tertiary alicyclic amines) is 1. The molecule has 2 saturated heterocycles. The third-order valence-electron chi connectivity index (χ3n) is 3.52. The molecule has 2 heterocycles. The van der Waals surface area contributed by atoms with Crippen LogP contribution in [0.5, 0.6) is 0 Å². The van der Waals surface area contributed by atoms with E-state index < -0.39 is 6.10 Å². The highest BCUT2D eigenvalue weighted by atomic mass is 16.3. The Morgan fingerprint density at radius 2 is 2.20 bits per heavy atom. The minimum absolute atomic E-state index is 0.0480. The van der Waals surface area contributed by atoms with Crippen LogP contribution in [-0.2, 0) is 4.79 Å². The van der Waals surface area contributed by atoms with Crippen molar-refractivity contribution in [1.82, 2.24) is 10.2 Å². The first kappa shape index (κ1) is 10.9. The van der Waals surface area contributed by atoms with E-state index in [1.807, 2.05) is 4.90 Å². The van der Waals surface area contributed by atoms with Crippen molar-refractivity contribution in [2.24, 2.45) is 5.92 Å². The molecule has 2 N–H and O–H groups in total. The lowest BCUT2D eigenvalue weighted by atomic mass is 9.94. The number of hydrogen-bond acceptors (Lipinski definition) is 3. The summed E-state index contributed by atoms with van der Waals surface area (Å²) in [6.07, 6.45) is 2.75. The van der Waals surface area contributed by atoms with Crippen molar-refractivity contribution in [3.8, 4) is 0 Å². The molecule has 2 aliphatic heterocycles. The Morgan fingerprint density at radius 3 is 2.73 bits per heavy atom. The number of carbonyl (C=O) groups excluding carboxylic acids is 1. The minimum atomic E-state index is -0.401. The summed E-state index contributed by atoms with van der Waals surface area (Å²) in [6.45, 7) is 4.23. The topological polar surface area (TPSA) is 52.6 Å². The largest absolute Gasteiger partial charge is 0.391 e. The van der Waals surface area contributed by atoms with Gasteiger partial charge in [0.2, 0.25) is 5.91 Å². The first-order chi connectivity index (χ1) is 7.20. The highest BCUT2D eigenvalue weighted by Gasteiger charge is 2.35. The first-order valence-corrected chi connectivity index (χ1v) is 5.89. The molecular weight excluding hydrogens is 192 g/mol. The second kappa shape index (κ2) is 4.49. The van der Waals surface area contributed by atoms with E-state index in [-0.39, 0.29) is 17.9 Å². The van der Waals surface area contributed by atoms with Crippen LogP contribution < -0.4 is 5.32 Å². The normalized spacial score (nSPS) is 29.7. The molecule has 0 saturated carbocycles. The van der Waals surface area contributed by atoms with Crippen LogP contribution in [0.2, 0.25) is 0 Å². The van der Waals surface area contributed by atoms with Crippen molar-refractivity contribution < 1.29 is 9.90 Å². The van der Waals surface area contributed by atoms with Gasteiger partial charge in [0.05, 0.1) is 18.1 Å². The summed E-state index contributed by atoms with van der Waals surface area (Å²) >= 11 is 0. The van der Waals surface area contributed by atoms with Crippen molar-refractivity contribution in [3.05, 3.63) is 0 Å². The van der Waals surface area contributed by atoms with Gasteiger partial charge in [0, 0.05) is 19.6 Å². The third-order valence-corrected chi connectivity index (χ3v) is 3.52. The number of amides is 1. The zero-order valence-electron chi connectivity index (χ0n) is 9.28. The highest BCUT2D eigenvalue weighted by molar-refractivity contribution is 5.80. The second-order valence-electron chi connectivity index (χ2n) is 4.69. The van der Waals surface area contributed by atoms with Crippen molar-refractivity contribution in [2.45, 2.75) is 38.3 Å². The van der Waals surface area contributed by atoms with E-state index in [2.05, 4.69) is 5.32 Å². The molecule has 4 heteroatoms. The summed E-state index contributed by atoms with van der Waals surface area (Å²) in [6, 6.07) is 0.0480. The number of aliphatic hydroxyl groups is 1. The Kier molecular flexibility index (Phi) is 3.26. The fourth-order valence-corrected chi connectivity index (χ4v) is 2.43. The van der Waals surface area contributed by atoms with E-state index in [1.54, 1.807) is 6.92 Å². The van der Waals surface area contributed by atoms with Gasteiger partial charge in [-0.05, 0) is 26.2 Å². The molecule has 0 spiro atoms. The van der Waals surface area contributed by atoms with Crippen LogP contribution in [0.1, 0.15) is 26.2 Å². The van der Waals surface area contributed by atoms with Gasteiger partial charge < -0.3 is 15.3 Å². The Balaban J connectivity index is 1.99. The maximum absolute atomic E-state index is 12.1. The maximum atomic E-state index is 12.1. The van der Waals surface area contributed by atoms with Crippen LogP contribution >= 0.6 is 0 Å². The van der Waals surface area contributed by atoms with E-state index in [0.717, 1.165) is 38.9 Å². The number of aliphatic hydroxyl groups excluding tert-OH is 1. The zero-order chi connectivity index (χ0) is 10.8. The second-order valence-corrected chi connectivity index (χ2v) is 4.69. The molecule has 0 radical (unpaired) electrons. The minimum Gasteiger partial charge on any atom is -0.391 e. The molecule has 15 heavy (non-hydrogen) atoms. The molecule has 0 aliphatic carbocycles. The summed E-state index contributed by atoms with van der Waals surface area (Å²) in [7, 11) is 0. The quantitative estimate of drug-likeness (QED) is 0.676. The molecule has 4 nitrogen and oxygen atoms in total. The van der Waals surface area contributed by atoms with Crippen LogP contribution in [0.25, 0.3) is 0 Å². The number of piperidine rings is 1. The molecule has 2 atom stereocenters. The lowest BCUT2D eigenvalue weighted by Gasteiger charge is -2.41. The zero-order valence-corrected chi connectivity index (χ0v) is 9.28. The van der Waals surface area contributed by atoms with E-state index in [1.165, 1.54) is 0 Å². The van der Waals surface area contributed by atoms with Crippen LogP contribution in [-0.4, -0.2) is 47.7 Å². The van der Waals surface area contributed by atoms with Gasteiger partial charge in [-0.2, -0.15) is 0 Å². The Bertz CT molecular complexity index is 239. The monoisotopic (exact) mass is 212 g/mol. The van der Waals surface area contributed by atoms with Gasteiger partial charge in [-0.3, -0.25) is 4.79 Å². The smallest absolute Gasteiger partial charge is 0.228 e. The van der Waals surface area contributed by atoms with Crippen molar-refractivity contribution >= 4 is 5.91 Å². The highest BCUT2D eigenvalue weighted by Crippen LogP contribution is 2.22. The average Bonchev–Trinajstić information content (AvgIpc) is 2.15. The Morgan fingerprint density at radius 1 is 1.47 bits per heavy atom. The van der Waals surface area contributed by atoms with Crippen molar-refractivity contribution in [3.63, 3.8) is 0 Å². The van der Waals surface area contributed by atoms with E-state index in [4.69, 9.17) is 0 Å². The lowest BCUT2D eigenvalue weighted by Crippen LogP contribution is -2.57. The van der Waals surface area contributed by atoms with Gasteiger partial charge in [0.25, 0.3) is 0 Å². The number of nitrogens with zero attached hydrogens (tertiary/aromatic N) is 1. The number of carbonyl (C=O) groups is 1. The SMILES string of the molecule is C[C@@H](O)[C@@H]1CCCCN1C(=O)C1CNC1.